The van der Waals surface area contributed by atoms with Gasteiger partial charge in [0.2, 0.25) is 0 Å². The zero-order valence-electron chi connectivity index (χ0n) is 9.53. The van der Waals surface area contributed by atoms with Crippen LogP contribution in [0, 0.1) is 5.92 Å². The fourth-order valence-electron chi connectivity index (χ4n) is 1.20. The van der Waals surface area contributed by atoms with Gasteiger partial charge in [-0.1, -0.05) is 26.2 Å². The van der Waals surface area contributed by atoms with E-state index in [2.05, 4.69) is 0 Å². The van der Waals surface area contributed by atoms with E-state index in [1.807, 2.05) is 0 Å². The van der Waals surface area contributed by atoms with Gasteiger partial charge in [0, 0.05) is 6.42 Å². The molecule has 0 aromatic rings. The van der Waals surface area contributed by atoms with Crippen LogP contribution in [0.4, 0.5) is 0 Å². The second-order valence-corrected chi connectivity index (χ2v) is 3.59. The molecule has 0 fully saturated rings. The summed E-state index contributed by atoms with van der Waals surface area (Å²) in [6.45, 7) is 1.69. The summed E-state index contributed by atoms with van der Waals surface area (Å²) in [5, 5.41) is 16.9. The molecule has 0 heterocycles. The van der Waals surface area contributed by atoms with E-state index in [1.54, 1.807) is 6.92 Å². The Balaban J connectivity index is 0. The van der Waals surface area contributed by atoms with Gasteiger partial charge in [0.25, 0.3) is 0 Å². The Morgan fingerprint density at radius 1 is 1.07 bits per heavy atom. The molecule has 0 rings (SSSR count). The molecule has 5 nitrogen and oxygen atoms in total. The SMILES string of the molecule is CC(CCCCCCC(=O)O)C(=O)O.[NH4+]. The first kappa shape index (κ1) is 16.3. The standard InChI is InChI=1S/C10H18O4.H3N/c1-8(10(13)14)6-4-2-3-5-7-9(11)12;/h8H,2-7H2,1H3,(H,11,12)(H,13,14);1H3/p+1. The van der Waals surface area contributed by atoms with Crippen LogP contribution in [0.15, 0.2) is 0 Å². The molecule has 0 saturated heterocycles. The van der Waals surface area contributed by atoms with Crippen LogP contribution in [0.5, 0.6) is 0 Å². The number of carboxylic acids is 2. The largest absolute Gasteiger partial charge is 0.481 e. The van der Waals surface area contributed by atoms with E-state index in [9.17, 15) is 9.59 Å². The van der Waals surface area contributed by atoms with Gasteiger partial charge in [-0.05, 0) is 12.8 Å². The van der Waals surface area contributed by atoms with Gasteiger partial charge < -0.3 is 16.4 Å². The first-order chi connectivity index (χ1) is 6.54. The minimum atomic E-state index is -0.760. The van der Waals surface area contributed by atoms with E-state index in [0.717, 1.165) is 19.3 Å². The molecule has 0 saturated carbocycles. The fraction of sp³-hybridized carbons (Fsp3) is 0.800. The summed E-state index contributed by atoms with van der Waals surface area (Å²) >= 11 is 0. The molecule has 0 aromatic heterocycles. The highest BCUT2D eigenvalue weighted by atomic mass is 16.4. The molecule has 1 atom stereocenters. The first-order valence-corrected chi connectivity index (χ1v) is 4.98. The highest BCUT2D eigenvalue weighted by Gasteiger charge is 2.09. The topological polar surface area (TPSA) is 111 Å². The number of carboxylic acid groups (broad SMARTS) is 2. The van der Waals surface area contributed by atoms with Crippen molar-refractivity contribution in [3.8, 4) is 0 Å². The van der Waals surface area contributed by atoms with Crippen molar-refractivity contribution in [3.05, 3.63) is 0 Å². The average Bonchev–Trinajstić information content (AvgIpc) is 2.09. The quantitative estimate of drug-likeness (QED) is 0.545. The Kier molecular flexibility index (Phi) is 10.3. The third-order valence-corrected chi connectivity index (χ3v) is 2.20. The Morgan fingerprint density at radius 2 is 1.60 bits per heavy atom. The lowest BCUT2D eigenvalue weighted by Gasteiger charge is -2.04. The molecular weight excluding hydrogens is 198 g/mol. The minimum absolute atomic E-state index is 0. The van der Waals surface area contributed by atoms with Gasteiger partial charge in [-0.3, -0.25) is 9.59 Å². The zero-order chi connectivity index (χ0) is 11.0. The summed E-state index contributed by atoms with van der Waals surface area (Å²) < 4.78 is 0. The summed E-state index contributed by atoms with van der Waals surface area (Å²) in [7, 11) is 0. The number of quaternary nitrogens is 1. The lowest BCUT2D eigenvalue weighted by Crippen LogP contribution is -2.08. The molecule has 0 amide bonds. The normalized spacial score (nSPS) is 11.5. The molecule has 0 bridgehead atoms. The van der Waals surface area contributed by atoms with Gasteiger partial charge in [-0.25, -0.2) is 0 Å². The number of carbonyl (C=O) groups is 2. The molecule has 0 aliphatic rings. The van der Waals surface area contributed by atoms with Gasteiger partial charge in [0.15, 0.2) is 0 Å². The molecule has 0 aromatic carbocycles. The van der Waals surface area contributed by atoms with E-state index in [4.69, 9.17) is 10.2 Å². The molecule has 0 spiro atoms. The molecule has 15 heavy (non-hydrogen) atoms. The Morgan fingerprint density at radius 3 is 2.07 bits per heavy atom. The second kappa shape index (κ2) is 9.45. The minimum Gasteiger partial charge on any atom is -0.481 e. The molecule has 0 radical (unpaired) electrons. The monoisotopic (exact) mass is 220 g/mol. The van der Waals surface area contributed by atoms with Crippen LogP contribution in [-0.4, -0.2) is 22.2 Å². The van der Waals surface area contributed by atoms with E-state index in [-0.39, 0.29) is 18.5 Å². The van der Waals surface area contributed by atoms with E-state index in [0.29, 0.717) is 12.8 Å². The molecule has 1 unspecified atom stereocenters. The first-order valence-electron chi connectivity index (χ1n) is 4.98. The van der Waals surface area contributed by atoms with Crippen LogP contribution in [0.25, 0.3) is 0 Å². The number of hydrogen-bond donors (Lipinski definition) is 3. The third kappa shape index (κ3) is 10.8. The van der Waals surface area contributed by atoms with Crippen LogP contribution >= 0.6 is 0 Å². The summed E-state index contributed by atoms with van der Waals surface area (Å²) in [4.78, 5) is 20.6. The van der Waals surface area contributed by atoms with Crippen LogP contribution in [0.2, 0.25) is 0 Å². The van der Waals surface area contributed by atoms with E-state index in [1.165, 1.54) is 0 Å². The maximum absolute atomic E-state index is 10.4. The van der Waals surface area contributed by atoms with Crippen LogP contribution in [0.1, 0.15) is 45.4 Å². The van der Waals surface area contributed by atoms with Crippen LogP contribution < -0.4 is 6.15 Å². The lowest BCUT2D eigenvalue weighted by atomic mass is 10.0. The van der Waals surface area contributed by atoms with Crippen molar-refractivity contribution < 1.29 is 19.8 Å². The van der Waals surface area contributed by atoms with Crippen molar-refractivity contribution in [2.75, 3.05) is 0 Å². The van der Waals surface area contributed by atoms with Crippen molar-refractivity contribution >= 4 is 11.9 Å². The van der Waals surface area contributed by atoms with Crippen molar-refractivity contribution in [2.45, 2.75) is 45.4 Å². The Labute approximate surface area is 90.1 Å². The smallest absolute Gasteiger partial charge is 0.306 e. The fourth-order valence-corrected chi connectivity index (χ4v) is 1.20. The second-order valence-electron chi connectivity index (χ2n) is 3.59. The zero-order valence-corrected chi connectivity index (χ0v) is 9.53. The Bertz CT molecular complexity index is 194. The summed E-state index contributed by atoms with van der Waals surface area (Å²) in [5.74, 6) is -1.80. The van der Waals surface area contributed by atoms with Crippen molar-refractivity contribution in [2.24, 2.45) is 5.92 Å². The number of unbranched alkanes of at least 4 members (excludes halogenated alkanes) is 3. The molecular formula is C10H22NO4+. The number of rotatable bonds is 8. The predicted molar refractivity (Wildman–Crippen MR) is 58.1 cm³/mol. The summed E-state index contributed by atoms with van der Waals surface area (Å²) in [6, 6.07) is 0. The van der Waals surface area contributed by atoms with Crippen molar-refractivity contribution in [1.82, 2.24) is 6.15 Å². The molecule has 6 N–H and O–H groups in total. The third-order valence-electron chi connectivity index (χ3n) is 2.20. The van der Waals surface area contributed by atoms with E-state index >= 15 is 0 Å². The average molecular weight is 220 g/mol. The molecule has 0 aliphatic carbocycles. The Hall–Kier alpha value is -1.10. The van der Waals surface area contributed by atoms with Gasteiger partial charge in [-0.2, -0.15) is 0 Å². The van der Waals surface area contributed by atoms with Gasteiger partial charge in [-0.15, -0.1) is 0 Å². The van der Waals surface area contributed by atoms with E-state index < -0.39 is 11.9 Å². The molecule has 0 aliphatic heterocycles. The maximum Gasteiger partial charge on any atom is 0.306 e. The molecule has 90 valence electrons. The van der Waals surface area contributed by atoms with Gasteiger partial charge >= 0.3 is 11.9 Å². The summed E-state index contributed by atoms with van der Waals surface area (Å²) in [6.07, 6.45) is 4.25. The molecule has 5 heteroatoms. The highest BCUT2D eigenvalue weighted by molar-refractivity contribution is 5.69. The van der Waals surface area contributed by atoms with Gasteiger partial charge in [0.05, 0.1) is 5.92 Å². The number of hydrogen-bond acceptors (Lipinski definition) is 2. The van der Waals surface area contributed by atoms with Gasteiger partial charge in [0.1, 0.15) is 0 Å². The predicted octanol–water partition coefficient (Wildman–Crippen LogP) is 2.51. The van der Waals surface area contributed by atoms with Crippen LogP contribution in [0.3, 0.4) is 0 Å². The lowest BCUT2D eigenvalue weighted by molar-refractivity contribution is -0.141. The summed E-state index contributed by atoms with van der Waals surface area (Å²) in [5.41, 5.74) is 0. The van der Waals surface area contributed by atoms with Crippen LogP contribution in [-0.2, 0) is 9.59 Å². The number of aliphatic carboxylic acids is 2. The van der Waals surface area contributed by atoms with Crippen molar-refractivity contribution in [1.29, 1.82) is 0 Å². The maximum atomic E-state index is 10.4. The van der Waals surface area contributed by atoms with Crippen molar-refractivity contribution in [3.63, 3.8) is 0 Å². The highest BCUT2D eigenvalue weighted by Crippen LogP contribution is 2.11.